The third kappa shape index (κ3) is 3.06. The maximum absolute atomic E-state index is 12.6. The second-order valence-electron chi connectivity index (χ2n) is 4.88. The minimum atomic E-state index is -0.0297. The fourth-order valence-electron chi connectivity index (χ4n) is 2.32. The molecule has 3 rings (SSSR count). The highest BCUT2D eigenvalue weighted by atomic mass is 79.9. The fraction of sp³-hybridized carbons (Fsp3) is 0.267. The van der Waals surface area contributed by atoms with Crippen molar-refractivity contribution in [1.82, 2.24) is 4.90 Å². The van der Waals surface area contributed by atoms with Gasteiger partial charge in [-0.1, -0.05) is 6.07 Å². The van der Waals surface area contributed by atoms with Crippen LogP contribution in [0, 0.1) is 0 Å². The monoisotopic (exact) mass is 366 g/mol. The van der Waals surface area contributed by atoms with E-state index in [0.717, 1.165) is 21.6 Å². The van der Waals surface area contributed by atoms with E-state index < -0.39 is 0 Å². The normalized spacial score (nSPS) is 13.0. The Kier molecular flexibility index (Phi) is 4.17. The van der Waals surface area contributed by atoms with E-state index in [1.807, 2.05) is 36.7 Å². The summed E-state index contributed by atoms with van der Waals surface area (Å²) in [5.41, 5.74) is 2.61. The molecule has 0 unspecified atom stereocenters. The van der Waals surface area contributed by atoms with Crippen LogP contribution in [0.5, 0.6) is 5.75 Å². The van der Waals surface area contributed by atoms with Crippen LogP contribution in [0.4, 0.5) is 5.69 Å². The molecule has 1 aliphatic rings. The molecular weight excluding hydrogens is 352 g/mol. The van der Waals surface area contributed by atoms with Crippen molar-refractivity contribution in [3.05, 3.63) is 44.6 Å². The number of hydrogen-bond acceptors (Lipinski definition) is 4. The molecule has 0 bridgehead atoms. The molecule has 0 atom stereocenters. The predicted molar refractivity (Wildman–Crippen MR) is 88.2 cm³/mol. The minimum absolute atomic E-state index is 0.0297. The first-order valence-electron chi connectivity index (χ1n) is 6.63. The van der Waals surface area contributed by atoms with Gasteiger partial charge >= 0.3 is 0 Å². The standard InChI is InChI=1S/C15H15BrN2O2S/c1-18(8-10-7-13(16)21-9-10)15(19)11-3-2-4-12-14(11)20-6-5-17-12/h2-4,7,9,17H,5-6,8H2,1H3. The van der Waals surface area contributed by atoms with Crippen LogP contribution in [0.2, 0.25) is 0 Å². The van der Waals surface area contributed by atoms with Crippen molar-refractivity contribution in [3.63, 3.8) is 0 Å². The van der Waals surface area contributed by atoms with Crippen molar-refractivity contribution in [1.29, 1.82) is 0 Å². The molecule has 0 saturated heterocycles. The molecule has 6 heteroatoms. The van der Waals surface area contributed by atoms with Crippen LogP contribution in [0.25, 0.3) is 0 Å². The number of amides is 1. The van der Waals surface area contributed by atoms with E-state index in [2.05, 4.69) is 21.2 Å². The summed E-state index contributed by atoms with van der Waals surface area (Å²) >= 11 is 5.06. The second kappa shape index (κ2) is 6.07. The van der Waals surface area contributed by atoms with Crippen LogP contribution >= 0.6 is 27.3 Å². The van der Waals surface area contributed by atoms with Crippen LogP contribution in [0.15, 0.2) is 33.4 Å². The zero-order valence-electron chi connectivity index (χ0n) is 11.6. The number of fused-ring (bicyclic) bond motifs is 1. The number of nitrogens with zero attached hydrogens (tertiary/aromatic N) is 1. The number of ether oxygens (including phenoxy) is 1. The summed E-state index contributed by atoms with van der Waals surface area (Å²) in [4.78, 5) is 14.3. The topological polar surface area (TPSA) is 41.6 Å². The Morgan fingerprint density at radius 2 is 2.38 bits per heavy atom. The van der Waals surface area contributed by atoms with Gasteiger partial charge < -0.3 is 15.0 Å². The molecule has 21 heavy (non-hydrogen) atoms. The number of hydrogen-bond donors (Lipinski definition) is 1. The Bertz CT molecular complexity index is 671. The lowest BCUT2D eigenvalue weighted by atomic mass is 10.1. The highest BCUT2D eigenvalue weighted by molar-refractivity contribution is 9.11. The van der Waals surface area contributed by atoms with Gasteiger partial charge in [0.2, 0.25) is 0 Å². The van der Waals surface area contributed by atoms with Gasteiger partial charge in [0, 0.05) is 20.1 Å². The Balaban J connectivity index is 1.81. The Morgan fingerprint density at radius 3 is 3.14 bits per heavy atom. The van der Waals surface area contributed by atoms with E-state index in [1.165, 1.54) is 0 Å². The average Bonchev–Trinajstić information content (AvgIpc) is 2.91. The number of rotatable bonds is 3. The van der Waals surface area contributed by atoms with Crippen molar-refractivity contribution in [2.24, 2.45) is 0 Å². The zero-order chi connectivity index (χ0) is 14.8. The van der Waals surface area contributed by atoms with Gasteiger partial charge in [-0.15, -0.1) is 11.3 Å². The first-order chi connectivity index (χ1) is 10.1. The molecule has 1 N–H and O–H groups in total. The summed E-state index contributed by atoms with van der Waals surface area (Å²) in [7, 11) is 1.81. The number of benzene rings is 1. The van der Waals surface area contributed by atoms with Crippen molar-refractivity contribution < 1.29 is 9.53 Å². The number of nitrogens with one attached hydrogen (secondary N) is 1. The van der Waals surface area contributed by atoms with E-state index in [0.29, 0.717) is 24.5 Å². The van der Waals surface area contributed by atoms with Gasteiger partial charge in [-0.25, -0.2) is 0 Å². The first-order valence-corrected chi connectivity index (χ1v) is 8.30. The van der Waals surface area contributed by atoms with E-state index in [-0.39, 0.29) is 5.91 Å². The predicted octanol–water partition coefficient (Wildman–Crippen LogP) is 3.59. The first kappa shape index (κ1) is 14.4. The van der Waals surface area contributed by atoms with Crippen LogP contribution < -0.4 is 10.1 Å². The summed E-state index contributed by atoms with van der Waals surface area (Å²) < 4.78 is 6.74. The Labute approximate surface area is 135 Å². The minimum Gasteiger partial charge on any atom is -0.489 e. The molecule has 4 nitrogen and oxygen atoms in total. The largest absolute Gasteiger partial charge is 0.489 e. The summed E-state index contributed by atoms with van der Waals surface area (Å²) in [6.45, 7) is 1.93. The molecule has 0 spiro atoms. The summed E-state index contributed by atoms with van der Waals surface area (Å²) in [5.74, 6) is 0.630. The lowest BCUT2D eigenvalue weighted by Crippen LogP contribution is -2.28. The molecule has 1 aromatic heterocycles. The zero-order valence-corrected chi connectivity index (χ0v) is 14.0. The number of anilines is 1. The SMILES string of the molecule is CN(Cc1csc(Br)c1)C(=O)c1cccc2c1OCCN2. The third-order valence-electron chi connectivity index (χ3n) is 3.30. The van der Waals surface area contributed by atoms with Gasteiger partial charge in [-0.05, 0) is 45.1 Å². The number of thiophene rings is 1. The van der Waals surface area contributed by atoms with Gasteiger partial charge in [-0.3, -0.25) is 4.79 Å². The second-order valence-corrected chi connectivity index (χ2v) is 7.17. The van der Waals surface area contributed by atoms with E-state index >= 15 is 0 Å². The van der Waals surface area contributed by atoms with Gasteiger partial charge in [0.1, 0.15) is 6.61 Å². The maximum atomic E-state index is 12.6. The van der Waals surface area contributed by atoms with Crippen LogP contribution in [-0.2, 0) is 6.54 Å². The van der Waals surface area contributed by atoms with E-state index in [1.54, 1.807) is 16.2 Å². The highest BCUT2D eigenvalue weighted by Crippen LogP contribution is 2.32. The maximum Gasteiger partial charge on any atom is 0.257 e. The van der Waals surface area contributed by atoms with Crippen molar-refractivity contribution >= 4 is 38.9 Å². The molecule has 110 valence electrons. The smallest absolute Gasteiger partial charge is 0.257 e. The summed E-state index contributed by atoms with van der Waals surface area (Å²) in [5, 5.41) is 5.30. The summed E-state index contributed by atoms with van der Waals surface area (Å²) in [6, 6.07) is 7.66. The lowest BCUT2D eigenvalue weighted by molar-refractivity contribution is 0.0780. The van der Waals surface area contributed by atoms with Crippen molar-refractivity contribution in [2.45, 2.75) is 6.54 Å². The molecule has 1 amide bonds. The molecule has 2 heterocycles. The molecule has 0 aliphatic carbocycles. The number of carbonyl (C=O) groups excluding carboxylic acids is 1. The van der Waals surface area contributed by atoms with Crippen LogP contribution in [0.1, 0.15) is 15.9 Å². The fourth-order valence-corrected chi connectivity index (χ4v) is 3.52. The third-order valence-corrected chi connectivity index (χ3v) is 4.85. The number of para-hydroxylation sites is 1. The molecule has 1 aromatic carbocycles. The van der Waals surface area contributed by atoms with E-state index in [4.69, 9.17) is 4.74 Å². The quantitative estimate of drug-likeness (QED) is 0.902. The Morgan fingerprint density at radius 1 is 1.52 bits per heavy atom. The summed E-state index contributed by atoms with van der Waals surface area (Å²) in [6.07, 6.45) is 0. The molecule has 0 fully saturated rings. The van der Waals surface area contributed by atoms with Crippen LogP contribution in [0.3, 0.4) is 0 Å². The van der Waals surface area contributed by atoms with Gasteiger partial charge in [0.05, 0.1) is 15.0 Å². The van der Waals surface area contributed by atoms with Gasteiger partial charge in [-0.2, -0.15) is 0 Å². The van der Waals surface area contributed by atoms with Gasteiger partial charge in [0.25, 0.3) is 5.91 Å². The molecule has 2 aromatic rings. The molecule has 1 aliphatic heterocycles. The average molecular weight is 367 g/mol. The highest BCUT2D eigenvalue weighted by Gasteiger charge is 2.21. The van der Waals surface area contributed by atoms with E-state index in [9.17, 15) is 4.79 Å². The van der Waals surface area contributed by atoms with Crippen molar-refractivity contribution in [2.75, 3.05) is 25.5 Å². The van der Waals surface area contributed by atoms with Crippen molar-refractivity contribution in [3.8, 4) is 5.75 Å². The molecular formula is C15H15BrN2O2S. The number of carbonyl (C=O) groups is 1. The molecule has 0 saturated carbocycles. The number of halogens is 1. The Hall–Kier alpha value is -1.53. The molecule has 0 radical (unpaired) electrons. The van der Waals surface area contributed by atoms with Gasteiger partial charge in [0.15, 0.2) is 5.75 Å². The lowest BCUT2D eigenvalue weighted by Gasteiger charge is -2.23. The van der Waals surface area contributed by atoms with Crippen LogP contribution in [-0.4, -0.2) is 31.0 Å².